The van der Waals surface area contributed by atoms with Gasteiger partial charge in [0.05, 0.1) is 18.8 Å². The zero-order chi connectivity index (χ0) is 22.9. The number of anilines is 2. The fourth-order valence-corrected chi connectivity index (χ4v) is 4.48. The van der Waals surface area contributed by atoms with Crippen LogP contribution in [0.15, 0.2) is 60.0 Å². The van der Waals surface area contributed by atoms with Gasteiger partial charge in [-0.3, -0.25) is 19.4 Å². The van der Waals surface area contributed by atoms with Crippen molar-refractivity contribution in [1.82, 2.24) is 9.80 Å². The lowest BCUT2D eigenvalue weighted by atomic mass is 10.1. The molecule has 3 rings (SSSR count). The third kappa shape index (κ3) is 6.95. The number of rotatable bonds is 9. The smallest absolute Gasteiger partial charge is 0.238 e. The minimum Gasteiger partial charge on any atom is -0.324 e. The highest BCUT2D eigenvalue weighted by Crippen LogP contribution is 2.27. The van der Waals surface area contributed by atoms with Gasteiger partial charge in [-0.25, -0.2) is 0 Å². The highest BCUT2D eigenvalue weighted by molar-refractivity contribution is 7.99. The molecule has 1 fully saturated rings. The largest absolute Gasteiger partial charge is 0.324 e. The van der Waals surface area contributed by atoms with E-state index in [0.29, 0.717) is 13.1 Å². The van der Waals surface area contributed by atoms with Crippen molar-refractivity contribution in [2.45, 2.75) is 18.7 Å². The molecular weight excluding hydrogens is 420 g/mol. The highest BCUT2D eigenvalue weighted by Gasteiger charge is 2.21. The summed E-state index contributed by atoms with van der Waals surface area (Å²) in [6, 6.07) is 13.8. The predicted octanol–water partition coefficient (Wildman–Crippen LogP) is 3.78. The van der Waals surface area contributed by atoms with E-state index in [0.717, 1.165) is 59.3 Å². The number of nitrogens with one attached hydrogen (secondary N) is 2. The molecule has 32 heavy (non-hydrogen) atoms. The van der Waals surface area contributed by atoms with Gasteiger partial charge in [0, 0.05) is 42.5 Å². The molecule has 1 aliphatic heterocycles. The molecule has 0 atom stereocenters. The number of carbonyl (C=O) groups excluding carboxylic acids is 2. The molecule has 2 amide bonds. The summed E-state index contributed by atoms with van der Waals surface area (Å²) in [5.74, 6) is 0.784. The molecule has 0 aromatic heterocycles. The Morgan fingerprint density at radius 2 is 1.47 bits per heavy atom. The topological polar surface area (TPSA) is 64.7 Å². The summed E-state index contributed by atoms with van der Waals surface area (Å²) >= 11 is 1.65. The SMILES string of the molecule is C=CCSc1ccccc1NC(=O)CN1CCN(CC(=O)Nc2c(C)cccc2C)CC1. The number of nitrogens with zero attached hydrogens (tertiary/aromatic N) is 2. The highest BCUT2D eigenvalue weighted by atomic mass is 32.2. The van der Waals surface area contributed by atoms with Crippen molar-refractivity contribution in [2.75, 3.05) is 55.7 Å². The van der Waals surface area contributed by atoms with Gasteiger partial charge < -0.3 is 10.6 Å². The molecule has 2 aromatic rings. The van der Waals surface area contributed by atoms with Crippen LogP contribution in [0.1, 0.15) is 11.1 Å². The van der Waals surface area contributed by atoms with Gasteiger partial charge in [-0.15, -0.1) is 18.3 Å². The van der Waals surface area contributed by atoms with Gasteiger partial charge >= 0.3 is 0 Å². The maximum Gasteiger partial charge on any atom is 0.238 e. The number of hydrogen-bond donors (Lipinski definition) is 2. The first-order chi connectivity index (χ1) is 15.5. The van der Waals surface area contributed by atoms with Crippen LogP contribution < -0.4 is 10.6 Å². The van der Waals surface area contributed by atoms with Crippen molar-refractivity contribution in [1.29, 1.82) is 0 Å². The molecular formula is C25H32N4O2S. The Morgan fingerprint density at radius 1 is 0.906 bits per heavy atom. The molecule has 0 spiro atoms. The fourth-order valence-electron chi connectivity index (χ4n) is 3.74. The van der Waals surface area contributed by atoms with E-state index >= 15 is 0 Å². The van der Waals surface area contributed by atoms with Crippen molar-refractivity contribution in [3.63, 3.8) is 0 Å². The Labute approximate surface area is 195 Å². The lowest BCUT2D eigenvalue weighted by molar-refractivity contribution is -0.120. The average Bonchev–Trinajstić information content (AvgIpc) is 2.77. The quantitative estimate of drug-likeness (QED) is 0.448. The Hall–Kier alpha value is -2.61. The van der Waals surface area contributed by atoms with E-state index in [9.17, 15) is 9.59 Å². The van der Waals surface area contributed by atoms with Crippen LogP contribution >= 0.6 is 11.8 Å². The first-order valence-electron chi connectivity index (χ1n) is 10.9. The summed E-state index contributed by atoms with van der Waals surface area (Å²) in [5, 5.41) is 6.08. The fraction of sp³-hybridized carbons (Fsp3) is 0.360. The lowest BCUT2D eigenvalue weighted by Gasteiger charge is -2.33. The summed E-state index contributed by atoms with van der Waals surface area (Å²) in [4.78, 5) is 30.4. The summed E-state index contributed by atoms with van der Waals surface area (Å²) in [6.07, 6.45) is 1.85. The van der Waals surface area contributed by atoms with Crippen molar-refractivity contribution in [2.24, 2.45) is 0 Å². The second kappa shape index (κ2) is 11.9. The standard InChI is InChI=1S/C25H32N4O2S/c1-4-16-32-22-11-6-5-10-21(22)26-23(30)17-28-12-14-29(15-13-28)18-24(31)27-25-19(2)8-7-9-20(25)3/h4-11H,1,12-18H2,2-3H3,(H,26,30)(H,27,31). The number of thioether (sulfide) groups is 1. The third-order valence-electron chi connectivity index (χ3n) is 5.46. The zero-order valence-electron chi connectivity index (χ0n) is 18.9. The molecule has 1 heterocycles. The van der Waals surface area contributed by atoms with E-state index in [2.05, 4.69) is 27.0 Å². The van der Waals surface area contributed by atoms with Crippen molar-refractivity contribution in [3.05, 3.63) is 66.2 Å². The predicted molar refractivity (Wildman–Crippen MR) is 133 cm³/mol. The molecule has 0 unspecified atom stereocenters. The van der Waals surface area contributed by atoms with E-state index in [1.54, 1.807) is 11.8 Å². The van der Waals surface area contributed by atoms with Crippen LogP contribution in [-0.2, 0) is 9.59 Å². The normalized spacial score (nSPS) is 14.7. The van der Waals surface area contributed by atoms with Crippen LogP contribution in [0.5, 0.6) is 0 Å². The number of hydrogen-bond acceptors (Lipinski definition) is 5. The summed E-state index contributed by atoms with van der Waals surface area (Å²) in [7, 11) is 0. The number of aryl methyl sites for hydroxylation is 2. The summed E-state index contributed by atoms with van der Waals surface area (Å²) in [5.41, 5.74) is 3.88. The van der Waals surface area contributed by atoms with Crippen LogP contribution in [0.2, 0.25) is 0 Å². The molecule has 0 radical (unpaired) electrons. The second-order valence-electron chi connectivity index (χ2n) is 8.01. The van der Waals surface area contributed by atoms with Crippen molar-refractivity contribution < 1.29 is 9.59 Å². The van der Waals surface area contributed by atoms with Crippen molar-refractivity contribution in [3.8, 4) is 0 Å². The van der Waals surface area contributed by atoms with Gasteiger partial charge in [-0.2, -0.15) is 0 Å². The average molecular weight is 453 g/mol. The van der Waals surface area contributed by atoms with E-state index in [1.165, 1.54) is 0 Å². The maximum atomic E-state index is 12.6. The molecule has 0 aliphatic carbocycles. The van der Waals surface area contributed by atoms with Gasteiger partial charge in [0.2, 0.25) is 11.8 Å². The second-order valence-corrected chi connectivity index (χ2v) is 9.07. The Morgan fingerprint density at radius 3 is 2.06 bits per heavy atom. The molecule has 7 heteroatoms. The van der Waals surface area contributed by atoms with Crippen LogP contribution in [0, 0.1) is 13.8 Å². The molecule has 2 aromatic carbocycles. The zero-order valence-corrected chi connectivity index (χ0v) is 19.7. The van der Waals surface area contributed by atoms with Gasteiger partial charge in [0.25, 0.3) is 0 Å². The molecule has 1 saturated heterocycles. The number of amides is 2. The molecule has 1 aliphatic rings. The molecule has 2 N–H and O–H groups in total. The first kappa shape index (κ1) is 24.0. The summed E-state index contributed by atoms with van der Waals surface area (Å²) in [6.45, 7) is 11.5. The van der Waals surface area contributed by atoms with Crippen LogP contribution in [-0.4, -0.2) is 66.6 Å². The Kier molecular flexibility index (Phi) is 8.90. The van der Waals surface area contributed by atoms with Gasteiger partial charge in [-0.1, -0.05) is 36.4 Å². The van der Waals surface area contributed by atoms with E-state index in [4.69, 9.17) is 0 Å². The third-order valence-corrected chi connectivity index (χ3v) is 6.53. The Bertz CT molecular complexity index is 934. The molecule has 0 bridgehead atoms. The number of benzene rings is 2. The minimum absolute atomic E-state index is 0.00206. The van der Waals surface area contributed by atoms with E-state index in [-0.39, 0.29) is 11.8 Å². The number of carbonyl (C=O) groups is 2. The molecule has 170 valence electrons. The number of para-hydroxylation sites is 2. The monoisotopic (exact) mass is 452 g/mol. The van der Waals surface area contributed by atoms with E-state index < -0.39 is 0 Å². The number of piperazine rings is 1. The van der Waals surface area contributed by atoms with Crippen LogP contribution in [0.4, 0.5) is 11.4 Å². The summed E-state index contributed by atoms with van der Waals surface area (Å²) < 4.78 is 0. The first-order valence-corrected chi connectivity index (χ1v) is 11.9. The minimum atomic E-state index is -0.0159. The molecule has 0 saturated carbocycles. The van der Waals surface area contributed by atoms with Gasteiger partial charge in [-0.05, 0) is 37.1 Å². The van der Waals surface area contributed by atoms with Crippen LogP contribution in [0.3, 0.4) is 0 Å². The maximum absolute atomic E-state index is 12.6. The van der Waals surface area contributed by atoms with Gasteiger partial charge in [0.1, 0.15) is 0 Å². The van der Waals surface area contributed by atoms with E-state index in [1.807, 2.05) is 62.4 Å². The van der Waals surface area contributed by atoms with Crippen LogP contribution in [0.25, 0.3) is 0 Å². The van der Waals surface area contributed by atoms with Crippen molar-refractivity contribution >= 4 is 35.0 Å². The van der Waals surface area contributed by atoms with Gasteiger partial charge in [0.15, 0.2) is 0 Å². The lowest BCUT2D eigenvalue weighted by Crippen LogP contribution is -2.50. The Balaban J connectivity index is 1.43. The molecule has 6 nitrogen and oxygen atoms in total.